The van der Waals surface area contributed by atoms with Gasteiger partial charge in [-0.05, 0) is 43.2 Å². The number of ether oxygens (including phenoxy) is 1. The maximum Gasteiger partial charge on any atom is 0.387 e. The van der Waals surface area contributed by atoms with E-state index in [0.717, 1.165) is 23.2 Å². The molecule has 3 rings (SSSR count). The van der Waals surface area contributed by atoms with Crippen LogP contribution in [0.2, 0.25) is 0 Å². The number of nitrogens with one attached hydrogen (secondary N) is 1. The Morgan fingerprint density at radius 3 is 2.58 bits per heavy atom. The summed E-state index contributed by atoms with van der Waals surface area (Å²) in [6.07, 6.45) is 2.09. The molecule has 8 heteroatoms. The lowest BCUT2D eigenvalue weighted by Crippen LogP contribution is -2.29. The van der Waals surface area contributed by atoms with Gasteiger partial charge in [-0.2, -0.15) is 13.9 Å². The fourth-order valence-corrected chi connectivity index (χ4v) is 2.23. The Hall–Kier alpha value is -2.77. The maximum atomic E-state index is 12.1. The monoisotopic (exact) mass is 335 g/mol. The van der Waals surface area contributed by atoms with E-state index in [1.165, 1.54) is 30.3 Å². The van der Waals surface area contributed by atoms with E-state index < -0.39 is 12.5 Å². The van der Waals surface area contributed by atoms with Crippen LogP contribution >= 0.6 is 0 Å². The van der Waals surface area contributed by atoms with Gasteiger partial charge in [-0.1, -0.05) is 0 Å². The van der Waals surface area contributed by atoms with Crippen LogP contribution in [0, 0.1) is 0 Å². The van der Waals surface area contributed by atoms with Crippen molar-refractivity contribution in [2.45, 2.75) is 31.9 Å². The molecule has 0 bridgehead atoms. The van der Waals surface area contributed by atoms with Gasteiger partial charge in [-0.25, -0.2) is 4.68 Å². The first kappa shape index (κ1) is 16.1. The second-order valence-corrected chi connectivity index (χ2v) is 5.48. The van der Waals surface area contributed by atoms with Gasteiger partial charge >= 0.3 is 6.61 Å². The molecule has 0 aliphatic heterocycles. The van der Waals surface area contributed by atoms with Crippen molar-refractivity contribution in [1.82, 2.24) is 9.78 Å². The number of benzene rings is 1. The molecule has 1 N–H and O–H groups in total. The van der Waals surface area contributed by atoms with Crippen LogP contribution in [0.5, 0.6) is 5.75 Å². The molecule has 1 aliphatic carbocycles. The van der Waals surface area contributed by atoms with Crippen LogP contribution < -0.4 is 15.6 Å². The number of amides is 1. The lowest BCUT2D eigenvalue weighted by atomic mass is 10.3. The van der Waals surface area contributed by atoms with Gasteiger partial charge < -0.3 is 10.1 Å². The third kappa shape index (κ3) is 4.15. The van der Waals surface area contributed by atoms with Gasteiger partial charge in [0.1, 0.15) is 12.3 Å². The van der Waals surface area contributed by atoms with Crippen molar-refractivity contribution in [1.29, 1.82) is 0 Å². The number of carbonyl (C=O) groups excluding carboxylic acids is 1. The van der Waals surface area contributed by atoms with E-state index in [2.05, 4.69) is 15.2 Å². The summed E-state index contributed by atoms with van der Waals surface area (Å²) in [6, 6.07) is 8.61. The quantitative estimate of drug-likeness (QED) is 0.879. The van der Waals surface area contributed by atoms with Gasteiger partial charge in [0.25, 0.3) is 5.56 Å². The molecule has 1 heterocycles. The molecule has 2 aromatic rings. The predicted molar refractivity (Wildman–Crippen MR) is 82.2 cm³/mol. The number of anilines is 1. The minimum Gasteiger partial charge on any atom is -0.435 e. The second-order valence-electron chi connectivity index (χ2n) is 5.48. The van der Waals surface area contributed by atoms with Crippen LogP contribution in [-0.2, 0) is 11.3 Å². The summed E-state index contributed by atoms with van der Waals surface area (Å²) in [4.78, 5) is 23.8. The van der Waals surface area contributed by atoms with Crippen molar-refractivity contribution in [2.24, 2.45) is 0 Å². The number of nitrogens with zero attached hydrogens (tertiary/aromatic N) is 2. The molecule has 1 fully saturated rings. The van der Waals surface area contributed by atoms with Crippen molar-refractivity contribution < 1.29 is 18.3 Å². The molecule has 1 aromatic carbocycles. The maximum absolute atomic E-state index is 12.1. The molecule has 6 nitrogen and oxygen atoms in total. The zero-order valence-corrected chi connectivity index (χ0v) is 12.6. The average molecular weight is 335 g/mol. The van der Waals surface area contributed by atoms with Crippen molar-refractivity contribution in [3.63, 3.8) is 0 Å². The lowest BCUT2D eigenvalue weighted by molar-refractivity contribution is -0.117. The summed E-state index contributed by atoms with van der Waals surface area (Å²) in [5, 5.41) is 6.78. The molecule has 1 aliphatic rings. The summed E-state index contributed by atoms with van der Waals surface area (Å²) in [7, 11) is 0. The molecule has 24 heavy (non-hydrogen) atoms. The van der Waals surface area contributed by atoms with Crippen LogP contribution in [0.3, 0.4) is 0 Å². The smallest absolute Gasteiger partial charge is 0.387 e. The van der Waals surface area contributed by atoms with Gasteiger partial charge in [0, 0.05) is 17.7 Å². The number of aromatic nitrogens is 2. The van der Waals surface area contributed by atoms with Crippen LogP contribution in [0.25, 0.3) is 0 Å². The molecular formula is C16H15F2N3O3. The number of rotatable bonds is 6. The number of carbonyl (C=O) groups is 1. The van der Waals surface area contributed by atoms with E-state index in [9.17, 15) is 18.4 Å². The van der Waals surface area contributed by atoms with Gasteiger partial charge in [0.05, 0.1) is 5.69 Å². The topological polar surface area (TPSA) is 73.2 Å². The number of alkyl halides is 2. The molecule has 1 saturated carbocycles. The van der Waals surface area contributed by atoms with Crippen molar-refractivity contribution in [2.75, 3.05) is 5.32 Å². The van der Waals surface area contributed by atoms with E-state index in [1.807, 2.05) is 0 Å². The van der Waals surface area contributed by atoms with Gasteiger partial charge in [0.2, 0.25) is 5.91 Å². The molecule has 0 saturated heterocycles. The third-order valence-corrected chi connectivity index (χ3v) is 3.54. The Labute approximate surface area is 136 Å². The normalized spacial score (nSPS) is 13.8. The van der Waals surface area contributed by atoms with Crippen molar-refractivity contribution in [3.05, 3.63) is 52.4 Å². The summed E-state index contributed by atoms with van der Waals surface area (Å²) >= 11 is 0. The Morgan fingerprint density at radius 1 is 1.25 bits per heavy atom. The summed E-state index contributed by atoms with van der Waals surface area (Å²) in [6.45, 7) is -3.11. The summed E-state index contributed by atoms with van der Waals surface area (Å²) < 4.78 is 29.5. The largest absolute Gasteiger partial charge is 0.435 e. The molecule has 0 unspecified atom stereocenters. The number of hydrogen-bond acceptors (Lipinski definition) is 4. The Morgan fingerprint density at radius 2 is 1.96 bits per heavy atom. The fraction of sp³-hybridized carbons (Fsp3) is 0.312. The first-order chi connectivity index (χ1) is 11.5. The van der Waals surface area contributed by atoms with Crippen LogP contribution in [-0.4, -0.2) is 22.3 Å². The van der Waals surface area contributed by atoms with Crippen LogP contribution in [0.1, 0.15) is 24.5 Å². The van der Waals surface area contributed by atoms with E-state index in [1.54, 1.807) is 6.07 Å². The zero-order chi connectivity index (χ0) is 17.1. The van der Waals surface area contributed by atoms with Crippen molar-refractivity contribution in [3.8, 4) is 5.75 Å². The standard InChI is InChI=1S/C16H15F2N3O3/c17-16(18)24-12-5-3-11(4-6-12)19-14(22)9-21-15(23)8-7-13(20-21)10-1-2-10/h3-8,10,16H,1-2,9H2,(H,19,22). The number of halogens is 2. The highest BCUT2D eigenvalue weighted by Crippen LogP contribution is 2.38. The predicted octanol–water partition coefficient (Wildman–Crippen LogP) is 2.36. The van der Waals surface area contributed by atoms with E-state index in [0.29, 0.717) is 11.6 Å². The molecule has 0 spiro atoms. The molecular weight excluding hydrogens is 320 g/mol. The van der Waals surface area contributed by atoms with E-state index in [-0.39, 0.29) is 17.9 Å². The SMILES string of the molecule is O=C(Cn1nc(C2CC2)ccc1=O)Nc1ccc(OC(F)F)cc1. The minimum absolute atomic E-state index is 0.00183. The van der Waals surface area contributed by atoms with Crippen LogP contribution in [0.4, 0.5) is 14.5 Å². The zero-order valence-electron chi connectivity index (χ0n) is 12.6. The summed E-state index contributed by atoms with van der Waals surface area (Å²) in [5.41, 5.74) is 0.874. The second kappa shape index (κ2) is 6.77. The van der Waals surface area contributed by atoms with Crippen molar-refractivity contribution >= 4 is 11.6 Å². The Kier molecular flexibility index (Phi) is 4.54. The Bertz CT molecular complexity index is 786. The van der Waals surface area contributed by atoms with E-state index >= 15 is 0 Å². The van der Waals surface area contributed by atoms with Crippen LogP contribution in [0.15, 0.2) is 41.2 Å². The molecule has 1 amide bonds. The molecule has 126 valence electrons. The van der Waals surface area contributed by atoms with Gasteiger partial charge in [-0.15, -0.1) is 0 Å². The highest BCUT2D eigenvalue weighted by Gasteiger charge is 2.25. The van der Waals surface area contributed by atoms with Gasteiger partial charge in [-0.3, -0.25) is 9.59 Å². The highest BCUT2D eigenvalue weighted by atomic mass is 19.3. The Balaban J connectivity index is 1.63. The summed E-state index contributed by atoms with van der Waals surface area (Å²) in [5.74, 6) is -0.0552. The average Bonchev–Trinajstić information content (AvgIpc) is 3.36. The molecule has 0 radical (unpaired) electrons. The first-order valence-corrected chi connectivity index (χ1v) is 7.44. The number of hydrogen-bond donors (Lipinski definition) is 1. The minimum atomic E-state index is -2.90. The third-order valence-electron chi connectivity index (χ3n) is 3.54. The highest BCUT2D eigenvalue weighted by molar-refractivity contribution is 5.90. The fourth-order valence-electron chi connectivity index (χ4n) is 2.23. The molecule has 1 aromatic heterocycles. The lowest BCUT2D eigenvalue weighted by Gasteiger charge is -2.09. The van der Waals surface area contributed by atoms with Gasteiger partial charge in [0.15, 0.2) is 0 Å². The first-order valence-electron chi connectivity index (χ1n) is 7.44. The molecule has 0 atom stereocenters. The van der Waals surface area contributed by atoms with E-state index in [4.69, 9.17) is 0 Å².